The molecule has 6 heteroatoms. The second-order valence-corrected chi connectivity index (χ2v) is 5.04. The molecule has 1 heterocycles. The SMILES string of the molecule is COc1cc(NC(=O)C2(C)CCNC2)cc(OC)c1.Cl. The molecule has 1 atom stereocenters. The minimum absolute atomic E-state index is 0. The van der Waals surface area contributed by atoms with Crippen LogP contribution in [0.1, 0.15) is 13.3 Å². The Morgan fingerprint density at radius 1 is 1.25 bits per heavy atom. The van der Waals surface area contributed by atoms with Crippen LogP contribution in [0.25, 0.3) is 0 Å². The lowest BCUT2D eigenvalue weighted by Gasteiger charge is -2.21. The van der Waals surface area contributed by atoms with E-state index in [2.05, 4.69) is 10.6 Å². The number of benzene rings is 1. The average molecular weight is 301 g/mol. The van der Waals surface area contributed by atoms with E-state index in [1.807, 2.05) is 6.92 Å². The van der Waals surface area contributed by atoms with Gasteiger partial charge in [-0.25, -0.2) is 0 Å². The summed E-state index contributed by atoms with van der Waals surface area (Å²) in [6.07, 6.45) is 0.847. The van der Waals surface area contributed by atoms with Gasteiger partial charge in [-0.1, -0.05) is 0 Å². The first kappa shape index (κ1) is 16.6. The summed E-state index contributed by atoms with van der Waals surface area (Å²) in [5.74, 6) is 1.33. The monoisotopic (exact) mass is 300 g/mol. The van der Waals surface area contributed by atoms with Crippen molar-refractivity contribution in [2.45, 2.75) is 13.3 Å². The third kappa shape index (κ3) is 3.55. The Kier molecular flexibility index (Phi) is 5.65. The first-order valence-corrected chi connectivity index (χ1v) is 6.33. The van der Waals surface area contributed by atoms with Gasteiger partial charge in [0.1, 0.15) is 11.5 Å². The minimum atomic E-state index is -0.351. The first-order valence-electron chi connectivity index (χ1n) is 6.33. The second-order valence-electron chi connectivity index (χ2n) is 5.04. The third-order valence-electron chi connectivity index (χ3n) is 3.53. The van der Waals surface area contributed by atoms with Crippen LogP contribution in [-0.4, -0.2) is 33.2 Å². The zero-order valence-electron chi connectivity index (χ0n) is 12.0. The normalized spacial score (nSPS) is 20.9. The molecule has 1 unspecified atom stereocenters. The molecule has 0 aromatic heterocycles. The van der Waals surface area contributed by atoms with Crippen LogP contribution in [0, 0.1) is 5.41 Å². The molecule has 1 aromatic rings. The van der Waals surface area contributed by atoms with E-state index in [4.69, 9.17) is 9.47 Å². The predicted molar refractivity (Wildman–Crippen MR) is 81.0 cm³/mol. The highest BCUT2D eigenvalue weighted by molar-refractivity contribution is 5.95. The van der Waals surface area contributed by atoms with Crippen molar-refractivity contribution >= 4 is 24.0 Å². The van der Waals surface area contributed by atoms with Gasteiger partial charge in [0, 0.05) is 30.4 Å². The van der Waals surface area contributed by atoms with E-state index in [1.165, 1.54) is 0 Å². The van der Waals surface area contributed by atoms with Crippen molar-refractivity contribution in [3.8, 4) is 11.5 Å². The van der Waals surface area contributed by atoms with Crippen molar-refractivity contribution in [3.05, 3.63) is 18.2 Å². The Labute approximate surface area is 125 Å². The Morgan fingerprint density at radius 2 is 1.85 bits per heavy atom. The summed E-state index contributed by atoms with van der Waals surface area (Å²) in [5.41, 5.74) is 0.338. The van der Waals surface area contributed by atoms with Gasteiger partial charge in [0.05, 0.1) is 19.6 Å². The van der Waals surface area contributed by atoms with Crippen LogP contribution >= 0.6 is 12.4 Å². The van der Waals surface area contributed by atoms with E-state index >= 15 is 0 Å². The fourth-order valence-corrected chi connectivity index (χ4v) is 2.17. The Bertz CT molecular complexity index is 451. The van der Waals surface area contributed by atoms with Crippen LogP contribution in [0.2, 0.25) is 0 Å². The van der Waals surface area contributed by atoms with Gasteiger partial charge in [-0.2, -0.15) is 0 Å². The van der Waals surface area contributed by atoms with Crippen molar-refractivity contribution < 1.29 is 14.3 Å². The molecular formula is C14H21ClN2O3. The number of hydrogen-bond acceptors (Lipinski definition) is 4. The molecule has 112 valence electrons. The number of anilines is 1. The van der Waals surface area contributed by atoms with Gasteiger partial charge in [0.25, 0.3) is 0 Å². The smallest absolute Gasteiger partial charge is 0.231 e. The molecule has 0 radical (unpaired) electrons. The van der Waals surface area contributed by atoms with Crippen LogP contribution in [-0.2, 0) is 4.79 Å². The largest absolute Gasteiger partial charge is 0.497 e. The number of amides is 1. The highest BCUT2D eigenvalue weighted by atomic mass is 35.5. The summed E-state index contributed by atoms with van der Waals surface area (Å²) in [5, 5.41) is 6.15. The number of hydrogen-bond donors (Lipinski definition) is 2. The lowest BCUT2D eigenvalue weighted by molar-refractivity contribution is -0.123. The van der Waals surface area contributed by atoms with Crippen LogP contribution < -0.4 is 20.1 Å². The van der Waals surface area contributed by atoms with Gasteiger partial charge in [0.2, 0.25) is 5.91 Å². The number of nitrogens with one attached hydrogen (secondary N) is 2. The van der Waals surface area contributed by atoms with E-state index in [0.717, 1.165) is 13.0 Å². The second kappa shape index (κ2) is 6.81. The third-order valence-corrected chi connectivity index (χ3v) is 3.53. The topological polar surface area (TPSA) is 59.6 Å². The summed E-state index contributed by atoms with van der Waals surface area (Å²) in [7, 11) is 3.17. The minimum Gasteiger partial charge on any atom is -0.497 e. The van der Waals surface area contributed by atoms with E-state index in [-0.39, 0.29) is 23.7 Å². The molecule has 2 rings (SSSR count). The van der Waals surface area contributed by atoms with Crippen molar-refractivity contribution in [3.63, 3.8) is 0 Å². The van der Waals surface area contributed by atoms with Gasteiger partial charge in [-0.05, 0) is 19.9 Å². The van der Waals surface area contributed by atoms with E-state index in [1.54, 1.807) is 32.4 Å². The summed E-state index contributed by atoms with van der Waals surface area (Å²) in [6.45, 7) is 3.56. The van der Waals surface area contributed by atoms with E-state index in [0.29, 0.717) is 23.7 Å². The number of halogens is 1. The first-order chi connectivity index (χ1) is 9.07. The molecule has 0 aliphatic carbocycles. The lowest BCUT2D eigenvalue weighted by atomic mass is 9.89. The molecule has 0 spiro atoms. The summed E-state index contributed by atoms with van der Waals surface area (Å²) < 4.78 is 10.4. The van der Waals surface area contributed by atoms with Gasteiger partial charge < -0.3 is 20.1 Å². The molecule has 2 N–H and O–H groups in total. The Balaban J connectivity index is 0.00000200. The van der Waals surface area contributed by atoms with Gasteiger partial charge >= 0.3 is 0 Å². The molecular weight excluding hydrogens is 280 g/mol. The quantitative estimate of drug-likeness (QED) is 0.893. The maximum Gasteiger partial charge on any atom is 0.231 e. The molecule has 1 aliphatic heterocycles. The standard InChI is InChI=1S/C14H20N2O3.ClH/c1-14(4-5-15-9-14)13(17)16-10-6-11(18-2)8-12(7-10)19-3;/h6-8,15H,4-5,9H2,1-3H3,(H,16,17);1H. The predicted octanol–water partition coefficient (Wildman–Crippen LogP) is 2.06. The lowest BCUT2D eigenvalue weighted by Crippen LogP contribution is -2.35. The van der Waals surface area contributed by atoms with Gasteiger partial charge in [-0.15, -0.1) is 12.4 Å². The molecule has 1 aliphatic rings. The van der Waals surface area contributed by atoms with E-state index < -0.39 is 0 Å². The van der Waals surface area contributed by atoms with Crippen LogP contribution in [0.4, 0.5) is 5.69 Å². The average Bonchev–Trinajstić information content (AvgIpc) is 2.86. The molecule has 1 aromatic carbocycles. The number of carbonyl (C=O) groups excluding carboxylic acids is 1. The van der Waals surface area contributed by atoms with Crippen molar-refractivity contribution in [2.75, 3.05) is 32.6 Å². The zero-order valence-corrected chi connectivity index (χ0v) is 12.8. The van der Waals surface area contributed by atoms with E-state index in [9.17, 15) is 4.79 Å². The van der Waals surface area contributed by atoms with Gasteiger partial charge in [0.15, 0.2) is 0 Å². The molecule has 0 saturated carbocycles. The Morgan fingerprint density at radius 3 is 2.30 bits per heavy atom. The maximum atomic E-state index is 12.3. The highest BCUT2D eigenvalue weighted by Crippen LogP contribution is 2.29. The number of ether oxygens (including phenoxy) is 2. The molecule has 20 heavy (non-hydrogen) atoms. The zero-order chi connectivity index (χ0) is 13.9. The summed E-state index contributed by atoms with van der Waals surface area (Å²) in [6, 6.07) is 5.34. The molecule has 5 nitrogen and oxygen atoms in total. The summed E-state index contributed by atoms with van der Waals surface area (Å²) in [4.78, 5) is 12.3. The van der Waals surface area contributed by atoms with Crippen molar-refractivity contribution in [1.82, 2.24) is 5.32 Å². The van der Waals surface area contributed by atoms with Crippen molar-refractivity contribution in [2.24, 2.45) is 5.41 Å². The van der Waals surface area contributed by atoms with Gasteiger partial charge in [-0.3, -0.25) is 4.79 Å². The number of methoxy groups -OCH3 is 2. The molecule has 1 fully saturated rings. The number of rotatable bonds is 4. The number of carbonyl (C=O) groups is 1. The molecule has 1 saturated heterocycles. The molecule has 0 bridgehead atoms. The fraction of sp³-hybridized carbons (Fsp3) is 0.500. The Hall–Kier alpha value is -1.46. The van der Waals surface area contributed by atoms with Crippen LogP contribution in [0.15, 0.2) is 18.2 Å². The van der Waals surface area contributed by atoms with Crippen molar-refractivity contribution in [1.29, 1.82) is 0 Å². The molecule has 1 amide bonds. The maximum absolute atomic E-state index is 12.3. The van der Waals surface area contributed by atoms with Crippen LogP contribution in [0.3, 0.4) is 0 Å². The fourth-order valence-electron chi connectivity index (χ4n) is 2.17. The highest BCUT2D eigenvalue weighted by Gasteiger charge is 2.36. The summed E-state index contributed by atoms with van der Waals surface area (Å²) >= 11 is 0. The van der Waals surface area contributed by atoms with Crippen LogP contribution in [0.5, 0.6) is 11.5 Å².